The number of benzene rings is 2. The van der Waals surface area contributed by atoms with Gasteiger partial charge in [0, 0.05) is 24.8 Å². The lowest BCUT2D eigenvalue weighted by Crippen LogP contribution is -2.01. The number of esters is 2. The quantitative estimate of drug-likeness (QED) is 0.377. The van der Waals surface area contributed by atoms with E-state index in [1.165, 1.54) is 14.0 Å². The normalized spacial score (nSPS) is 9.70. The summed E-state index contributed by atoms with van der Waals surface area (Å²) in [7, 11) is 2.84. The Hall–Kier alpha value is -3.00. The van der Waals surface area contributed by atoms with E-state index in [0.29, 0.717) is 17.9 Å². The number of hydrogen-bond donors (Lipinski definition) is 0. The summed E-state index contributed by atoms with van der Waals surface area (Å²) in [6, 6.07) is 9.07. The Balaban J connectivity index is 2.50. The van der Waals surface area contributed by atoms with Crippen molar-refractivity contribution in [3.05, 3.63) is 35.9 Å². The van der Waals surface area contributed by atoms with E-state index in [2.05, 4.69) is 16.6 Å². The second-order valence-electron chi connectivity index (χ2n) is 4.69. The van der Waals surface area contributed by atoms with E-state index >= 15 is 0 Å². The zero-order valence-corrected chi connectivity index (χ0v) is 13.1. The number of fused-ring (bicyclic) bond motifs is 1. The third-order valence-corrected chi connectivity index (χ3v) is 3.18. The fraction of sp³-hybridized carbons (Fsp3) is 0.222. The van der Waals surface area contributed by atoms with Gasteiger partial charge in [-0.1, -0.05) is 18.1 Å². The van der Waals surface area contributed by atoms with E-state index in [0.717, 1.165) is 16.3 Å². The van der Waals surface area contributed by atoms with Gasteiger partial charge in [0.05, 0.1) is 14.2 Å². The Morgan fingerprint density at radius 2 is 1.87 bits per heavy atom. The Kier molecular flexibility index (Phi) is 5.21. The van der Waals surface area contributed by atoms with Crippen molar-refractivity contribution in [1.29, 1.82) is 0 Å². The number of hydrogen-bond acceptors (Lipinski definition) is 5. The summed E-state index contributed by atoms with van der Waals surface area (Å²) in [5.74, 6) is 5.27. The summed E-state index contributed by atoms with van der Waals surface area (Å²) in [5.41, 5.74) is 0.815. The maximum Gasteiger partial charge on any atom is 0.384 e. The summed E-state index contributed by atoms with van der Waals surface area (Å²) < 4.78 is 15.0. The second-order valence-corrected chi connectivity index (χ2v) is 4.69. The molecule has 118 valence electrons. The molecule has 0 aliphatic heterocycles. The zero-order chi connectivity index (χ0) is 16.8. The second kappa shape index (κ2) is 7.32. The molecule has 5 heteroatoms. The molecule has 0 saturated carbocycles. The van der Waals surface area contributed by atoms with Gasteiger partial charge in [-0.25, -0.2) is 4.79 Å². The van der Waals surface area contributed by atoms with Gasteiger partial charge < -0.3 is 14.2 Å². The van der Waals surface area contributed by atoms with Crippen molar-refractivity contribution in [2.75, 3.05) is 14.2 Å². The molecule has 0 saturated heterocycles. The molecular weight excluding hydrogens is 296 g/mol. The van der Waals surface area contributed by atoms with Gasteiger partial charge in [-0.2, -0.15) is 0 Å². The van der Waals surface area contributed by atoms with E-state index in [1.807, 2.05) is 18.2 Å². The molecule has 0 aliphatic rings. The lowest BCUT2D eigenvalue weighted by Gasteiger charge is -2.11. The van der Waals surface area contributed by atoms with Crippen LogP contribution in [0.3, 0.4) is 0 Å². The van der Waals surface area contributed by atoms with Crippen LogP contribution in [0.15, 0.2) is 30.3 Å². The maximum absolute atomic E-state index is 11.1. The van der Waals surface area contributed by atoms with E-state index < -0.39 is 5.97 Å². The highest BCUT2D eigenvalue weighted by atomic mass is 16.5. The minimum Gasteiger partial charge on any atom is -0.496 e. The van der Waals surface area contributed by atoms with Crippen LogP contribution in [0.2, 0.25) is 0 Å². The third kappa shape index (κ3) is 4.01. The molecule has 5 nitrogen and oxygen atoms in total. The Morgan fingerprint density at radius 3 is 2.52 bits per heavy atom. The van der Waals surface area contributed by atoms with Gasteiger partial charge in [0.1, 0.15) is 11.5 Å². The van der Waals surface area contributed by atoms with E-state index in [4.69, 9.17) is 9.47 Å². The number of carbonyl (C=O) groups is 2. The lowest BCUT2D eigenvalue weighted by molar-refractivity contribution is -0.134. The first-order chi connectivity index (χ1) is 11.0. The van der Waals surface area contributed by atoms with Crippen molar-refractivity contribution in [2.24, 2.45) is 0 Å². The fourth-order valence-corrected chi connectivity index (χ4v) is 2.20. The van der Waals surface area contributed by atoms with Gasteiger partial charge in [-0.05, 0) is 29.0 Å². The number of ether oxygens (including phenoxy) is 3. The van der Waals surface area contributed by atoms with Crippen LogP contribution in [0, 0.1) is 11.8 Å². The van der Waals surface area contributed by atoms with Crippen molar-refractivity contribution in [2.45, 2.75) is 13.3 Å². The average molecular weight is 312 g/mol. The number of methoxy groups -OCH3 is 2. The highest BCUT2D eigenvalue weighted by molar-refractivity contribution is 5.91. The van der Waals surface area contributed by atoms with E-state index in [9.17, 15) is 9.59 Å². The first-order valence-electron chi connectivity index (χ1n) is 6.90. The fourth-order valence-electron chi connectivity index (χ4n) is 2.20. The van der Waals surface area contributed by atoms with E-state index in [1.54, 1.807) is 19.2 Å². The summed E-state index contributed by atoms with van der Waals surface area (Å²) >= 11 is 0. The molecule has 0 unspecified atom stereocenters. The minimum absolute atomic E-state index is 0.305. The maximum atomic E-state index is 11.1. The van der Waals surface area contributed by atoms with Crippen molar-refractivity contribution in [3.63, 3.8) is 0 Å². The molecule has 0 amide bonds. The Bertz CT molecular complexity index is 811. The number of rotatable bonds is 3. The molecule has 0 radical (unpaired) electrons. The van der Waals surface area contributed by atoms with E-state index in [-0.39, 0.29) is 5.97 Å². The molecule has 0 aromatic heterocycles. The molecule has 0 fully saturated rings. The molecular formula is C18H16O5. The minimum atomic E-state index is -0.593. The smallest absolute Gasteiger partial charge is 0.384 e. The monoisotopic (exact) mass is 312 g/mol. The molecule has 0 bridgehead atoms. The van der Waals surface area contributed by atoms with Gasteiger partial charge >= 0.3 is 11.9 Å². The van der Waals surface area contributed by atoms with Gasteiger partial charge in [-0.15, -0.1) is 0 Å². The van der Waals surface area contributed by atoms with Crippen molar-refractivity contribution < 1.29 is 23.8 Å². The third-order valence-electron chi connectivity index (χ3n) is 3.18. The average Bonchev–Trinajstić information content (AvgIpc) is 2.54. The van der Waals surface area contributed by atoms with Crippen LogP contribution >= 0.6 is 0 Å². The van der Waals surface area contributed by atoms with Crippen molar-refractivity contribution in [3.8, 4) is 23.3 Å². The molecule has 0 aliphatic carbocycles. The molecule has 2 rings (SSSR count). The molecule has 2 aromatic carbocycles. The van der Waals surface area contributed by atoms with Crippen LogP contribution in [-0.4, -0.2) is 26.2 Å². The van der Waals surface area contributed by atoms with Crippen LogP contribution in [0.4, 0.5) is 0 Å². The predicted molar refractivity (Wildman–Crippen MR) is 85.3 cm³/mol. The largest absolute Gasteiger partial charge is 0.496 e. The molecule has 0 atom stereocenters. The standard InChI is InChI=1S/C18H16O5/c1-12(19)23-14-9-7-13-8-10-17(21-2)15(16(13)11-14)5-4-6-18(20)22-3/h7-11H,5H2,1-3H3. The van der Waals surface area contributed by atoms with Crippen molar-refractivity contribution in [1.82, 2.24) is 0 Å². The summed E-state index contributed by atoms with van der Waals surface area (Å²) in [4.78, 5) is 22.2. The molecule has 23 heavy (non-hydrogen) atoms. The van der Waals surface area contributed by atoms with Gasteiger partial charge in [0.15, 0.2) is 0 Å². The number of carbonyl (C=O) groups excluding carboxylic acids is 2. The van der Waals surface area contributed by atoms with Crippen LogP contribution in [-0.2, 0) is 20.7 Å². The van der Waals surface area contributed by atoms with Gasteiger partial charge in [0.2, 0.25) is 0 Å². The topological polar surface area (TPSA) is 61.8 Å². The first-order valence-corrected chi connectivity index (χ1v) is 6.90. The summed E-state index contributed by atoms with van der Waals surface area (Å²) in [5, 5.41) is 1.80. The molecule has 2 aromatic rings. The molecule has 0 N–H and O–H groups in total. The summed E-state index contributed by atoms with van der Waals surface area (Å²) in [6.45, 7) is 1.35. The highest BCUT2D eigenvalue weighted by Gasteiger charge is 2.09. The van der Waals surface area contributed by atoms with Crippen LogP contribution in [0.5, 0.6) is 11.5 Å². The van der Waals surface area contributed by atoms with Crippen molar-refractivity contribution >= 4 is 22.7 Å². The van der Waals surface area contributed by atoms with Crippen LogP contribution in [0.25, 0.3) is 10.8 Å². The van der Waals surface area contributed by atoms with Gasteiger partial charge in [-0.3, -0.25) is 4.79 Å². The first kappa shape index (κ1) is 16.4. The van der Waals surface area contributed by atoms with Crippen LogP contribution < -0.4 is 9.47 Å². The Labute approximate surface area is 134 Å². The summed E-state index contributed by atoms with van der Waals surface area (Å²) in [6.07, 6.45) is 0.305. The predicted octanol–water partition coefficient (Wildman–Crippen LogP) is 2.49. The SMILES string of the molecule is COC(=O)C#CCc1c(OC)ccc2ccc(OC(C)=O)cc12. The Morgan fingerprint density at radius 1 is 1.13 bits per heavy atom. The zero-order valence-electron chi connectivity index (χ0n) is 13.1. The molecule has 0 heterocycles. The van der Waals surface area contributed by atoms with Gasteiger partial charge in [0.25, 0.3) is 0 Å². The highest BCUT2D eigenvalue weighted by Crippen LogP contribution is 2.31. The van der Waals surface area contributed by atoms with Crippen LogP contribution in [0.1, 0.15) is 12.5 Å². The molecule has 0 spiro atoms. The lowest BCUT2D eigenvalue weighted by atomic mass is 10.0.